The van der Waals surface area contributed by atoms with Crippen LogP contribution in [0, 0.1) is 5.82 Å². The van der Waals surface area contributed by atoms with Gasteiger partial charge in [0.15, 0.2) is 9.84 Å². The monoisotopic (exact) mass is 341 g/mol. The highest BCUT2D eigenvalue weighted by molar-refractivity contribution is 7.90. The van der Waals surface area contributed by atoms with Gasteiger partial charge in [-0.15, -0.1) is 0 Å². The Kier molecular flexibility index (Phi) is 4.83. The normalized spacial score (nSPS) is 11.2. The van der Waals surface area contributed by atoms with Crippen molar-refractivity contribution in [3.63, 3.8) is 0 Å². The Hall–Kier alpha value is -1.92. The number of amides is 1. The first-order valence-electron chi connectivity index (χ1n) is 6.29. The number of nitrogens with one attached hydrogen (secondary N) is 1. The van der Waals surface area contributed by atoms with Crippen LogP contribution in [0.4, 0.5) is 10.1 Å². The number of sulfone groups is 1. The lowest BCUT2D eigenvalue weighted by molar-refractivity contribution is -0.115. The van der Waals surface area contributed by atoms with Gasteiger partial charge < -0.3 is 5.32 Å². The molecule has 22 heavy (non-hydrogen) atoms. The van der Waals surface area contributed by atoms with Gasteiger partial charge in [0.25, 0.3) is 0 Å². The predicted octanol–water partition coefficient (Wildman–Crippen LogP) is 3.06. The lowest BCUT2D eigenvalue weighted by Crippen LogP contribution is -2.14. The van der Waals surface area contributed by atoms with Crippen LogP contribution in [0.5, 0.6) is 0 Å². The van der Waals surface area contributed by atoms with Crippen LogP contribution in [0.25, 0.3) is 0 Å². The van der Waals surface area contributed by atoms with Crippen LogP contribution in [0.3, 0.4) is 0 Å². The van der Waals surface area contributed by atoms with Crippen molar-refractivity contribution in [1.82, 2.24) is 0 Å². The number of carbonyl (C=O) groups is 1. The summed E-state index contributed by atoms with van der Waals surface area (Å²) < 4.78 is 35.7. The van der Waals surface area contributed by atoms with E-state index in [1.807, 2.05) is 0 Å². The zero-order valence-electron chi connectivity index (χ0n) is 11.6. The van der Waals surface area contributed by atoms with Gasteiger partial charge in [-0.3, -0.25) is 4.79 Å². The number of rotatable bonds is 4. The molecule has 0 saturated heterocycles. The van der Waals surface area contributed by atoms with Crippen LogP contribution < -0.4 is 5.32 Å². The average Bonchev–Trinajstić information content (AvgIpc) is 2.42. The Balaban J connectivity index is 2.04. The van der Waals surface area contributed by atoms with E-state index in [0.29, 0.717) is 11.3 Å². The van der Waals surface area contributed by atoms with E-state index >= 15 is 0 Å². The molecular formula is C15H13ClFNO3S. The third-order valence-electron chi connectivity index (χ3n) is 2.92. The van der Waals surface area contributed by atoms with E-state index < -0.39 is 15.7 Å². The standard InChI is InChI=1S/C15H13ClFNO3S/c1-22(20,21)12-5-2-10(3-6-12)8-15(19)18-11-4-7-14(17)13(16)9-11/h2-7,9H,8H2,1H3,(H,18,19). The molecule has 0 saturated carbocycles. The molecule has 2 aromatic carbocycles. The summed E-state index contributed by atoms with van der Waals surface area (Å²) in [6, 6.07) is 9.95. The van der Waals surface area contributed by atoms with Gasteiger partial charge >= 0.3 is 0 Å². The topological polar surface area (TPSA) is 63.2 Å². The minimum absolute atomic E-state index is 0.0685. The zero-order valence-corrected chi connectivity index (χ0v) is 13.2. The first kappa shape index (κ1) is 16.5. The van der Waals surface area contributed by atoms with Crippen molar-refractivity contribution in [2.24, 2.45) is 0 Å². The van der Waals surface area contributed by atoms with Crippen LogP contribution >= 0.6 is 11.6 Å². The Bertz CT molecular complexity index is 804. The average molecular weight is 342 g/mol. The molecule has 0 bridgehead atoms. The van der Waals surface area contributed by atoms with E-state index in [9.17, 15) is 17.6 Å². The highest BCUT2D eigenvalue weighted by Gasteiger charge is 2.09. The highest BCUT2D eigenvalue weighted by Crippen LogP contribution is 2.19. The molecule has 0 aromatic heterocycles. The van der Waals surface area contributed by atoms with Gasteiger partial charge in [-0.05, 0) is 35.9 Å². The van der Waals surface area contributed by atoms with Crippen molar-refractivity contribution in [1.29, 1.82) is 0 Å². The van der Waals surface area contributed by atoms with E-state index in [1.165, 1.54) is 30.3 Å². The largest absolute Gasteiger partial charge is 0.326 e. The second-order valence-corrected chi connectivity index (χ2v) is 7.19. The summed E-state index contributed by atoms with van der Waals surface area (Å²) >= 11 is 5.63. The van der Waals surface area contributed by atoms with Crippen molar-refractivity contribution >= 4 is 33.0 Å². The summed E-state index contributed by atoms with van der Waals surface area (Å²) in [6.45, 7) is 0. The molecule has 0 fully saturated rings. The van der Waals surface area contributed by atoms with Crippen LogP contribution in [-0.4, -0.2) is 20.6 Å². The molecule has 2 rings (SSSR count). The number of benzene rings is 2. The van der Waals surface area contributed by atoms with E-state index in [2.05, 4.69) is 5.32 Å². The molecule has 1 amide bonds. The fourth-order valence-corrected chi connectivity index (χ4v) is 2.63. The van der Waals surface area contributed by atoms with E-state index in [1.54, 1.807) is 12.1 Å². The quantitative estimate of drug-likeness (QED) is 0.929. The summed E-state index contributed by atoms with van der Waals surface area (Å²) in [6.07, 6.45) is 1.19. The van der Waals surface area contributed by atoms with Gasteiger partial charge in [-0.1, -0.05) is 23.7 Å². The lowest BCUT2D eigenvalue weighted by atomic mass is 10.1. The summed E-state index contributed by atoms with van der Waals surface area (Å²) in [7, 11) is -3.26. The fraction of sp³-hybridized carbons (Fsp3) is 0.133. The zero-order chi connectivity index (χ0) is 16.3. The van der Waals surface area contributed by atoms with Crippen LogP contribution in [0.2, 0.25) is 5.02 Å². The molecule has 0 aliphatic carbocycles. The number of halogens is 2. The SMILES string of the molecule is CS(=O)(=O)c1ccc(CC(=O)Nc2ccc(F)c(Cl)c2)cc1. The first-order chi connectivity index (χ1) is 10.3. The predicted molar refractivity (Wildman–Crippen MR) is 83.3 cm³/mol. The molecule has 0 heterocycles. The van der Waals surface area contributed by atoms with Gasteiger partial charge in [0.1, 0.15) is 5.82 Å². The number of hydrogen-bond acceptors (Lipinski definition) is 3. The van der Waals surface area contributed by atoms with Gasteiger partial charge in [-0.25, -0.2) is 12.8 Å². The highest BCUT2D eigenvalue weighted by atomic mass is 35.5. The summed E-state index contributed by atoms with van der Waals surface area (Å²) in [5.74, 6) is -0.870. The molecule has 7 heteroatoms. The van der Waals surface area contributed by atoms with E-state index in [4.69, 9.17) is 11.6 Å². The van der Waals surface area contributed by atoms with Crippen molar-refractivity contribution in [3.8, 4) is 0 Å². The van der Waals surface area contributed by atoms with Gasteiger partial charge in [0.2, 0.25) is 5.91 Å². The number of anilines is 1. The van der Waals surface area contributed by atoms with E-state index in [0.717, 1.165) is 6.26 Å². The molecule has 0 radical (unpaired) electrons. The van der Waals surface area contributed by atoms with Crippen molar-refractivity contribution in [3.05, 3.63) is 58.9 Å². The molecule has 0 aliphatic heterocycles. The van der Waals surface area contributed by atoms with Crippen molar-refractivity contribution in [2.75, 3.05) is 11.6 Å². The third kappa shape index (κ3) is 4.29. The molecule has 2 aromatic rings. The third-order valence-corrected chi connectivity index (χ3v) is 4.34. The van der Waals surface area contributed by atoms with E-state index in [-0.39, 0.29) is 22.2 Å². The summed E-state index contributed by atoms with van der Waals surface area (Å²) in [5.41, 5.74) is 1.06. The maximum Gasteiger partial charge on any atom is 0.228 e. The maximum absolute atomic E-state index is 13.0. The van der Waals surface area contributed by atoms with Crippen molar-refractivity contribution in [2.45, 2.75) is 11.3 Å². The minimum Gasteiger partial charge on any atom is -0.326 e. The lowest BCUT2D eigenvalue weighted by Gasteiger charge is -2.07. The minimum atomic E-state index is -3.26. The maximum atomic E-state index is 13.0. The Morgan fingerprint density at radius 3 is 2.36 bits per heavy atom. The fourth-order valence-electron chi connectivity index (χ4n) is 1.82. The van der Waals surface area contributed by atoms with Gasteiger partial charge in [0, 0.05) is 11.9 Å². The van der Waals surface area contributed by atoms with Gasteiger partial charge in [0.05, 0.1) is 16.3 Å². The van der Waals surface area contributed by atoms with Crippen LogP contribution in [-0.2, 0) is 21.1 Å². The smallest absolute Gasteiger partial charge is 0.228 e. The molecule has 0 unspecified atom stereocenters. The molecule has 0 atom stereocenters. The molecular weight excluding hydrogens is 329 g/mol. The number of carbonyl (C=O) groups excluding carboxylic acids is 1. The molecule has 1 N–H and O–H groups in total. The second-order valence-electron chi connectivity index (χ2n) is 4.77. The molecule has 0 spiro atoms. The Morgan fingerprint density at radius 1 is 1.18 bits per heavy atom. The Labute approximate surface area is 132 Å². The van der Waals surface area contributed by atoms with Crippen molar-refractivity contribution < 1.29 is 17.6 Å². The Morgan fingerprint density at radius 2 is 1.82 bits per heavy atom. The van der Waals surface area contributed by atoms with Crippen LogP contribution in [0.15, 0.2) is 47.4 Å². The molecule has 4 nitrogen and oxygen atoms in total. The molecule has 0 aliphatic rings. The van der Waals surface area contributed by atoms with Crippen LogP contribution in [0.1, 0.15) is 5.56 Å². The second kappa shape index (κ2) is 6.46. The number of hydrogen-bond donors (Lipinski definition) is 1. The summed E-state index contributed by atoms with van der Waals surface area (Å²) in [4.78, 5) is 12.1. The first-order valence-corrected chi connectivity index (χ1v) is 8.56. The van der Waals surface area contributed by atoms with Gasteiger partial charge in [-0.2, -0.15) is 0 Å². The summed E-state index contributed by atoms with van der Waals surface area (Å²) in [5, 5.41) is 2.52. The molecule has 116 valence electrons.